The largest absolute Gasteiger partial charge is 0.281 e. The summed E-state index contributed by atoms with van der Waals surface area (Å²) in [6.45, 7) is 0.872. The second-order valence-electron chi connectivity index (χ2n) is 6.28. The van der Waals surface area contributed by atoms with Gasteiger partial charge in [0.15, 0.2) is 0 Å². The quantitative estimate of drug-likeness (QED) is 0.835. The Morgan fingerprint density at radius 1 is 1.16 bits per heavy atom. The number of halogens is 1. The molecule has 1 fully saturated rings. The number of hydrogen-bond donors (Lipinski definition) is 0. The molecule has 0 bridgehead atoms. The lowest BCUT2D eigenvalue weighted by Crippen LogP contribution is -2.45. The van der Waals surface area contributed by atoms with Gasteiger partial charge in [0.1, 0.15) is 5.82 Å². The fourth-order valence-corrected chi connectivity index (χ4v) is 4.27. The van der Waals surface area contributed by atoms with Crippen molar-refractivity contribution in [1.29, 1.82) is 0 Å². The van der Waals surface area contributed by atoms with Gasteiger partial charge in [0.05, 0.1) is 11.4 Å². The van der Waals surface area contributed by atoms with Crippen molar-refractivity contribution in [2.45, 2.75) is 18.8 Å². The van der Waals surface area contributed by atoms with Crippen LogP contribution in [0.4, 0.5) is 4.39 Å². The van der Waals surface area contributed by atoms with E-state index < -0.39 is 10.2 Å². The highest BCUT2D eigenvalue weighted by Gasteiger charge is 2.32. The Kier molecular flexibility index (Phi) is 5.12. The van der Waals surface area contributed by atoms with E-state index in [4.69, 9.17) is 0 Å². The maximum absolute atomic E-state index is 13.2. The highest BCUT2D eigenvalue weighted by molar-refractivity contribution is 7.86. The first-order chi connectivity index (χ1) is 11.9. The van der Waals surface area contributed by atoms with Crippen molar-refractivity contribution in [1.82, 2.24) is 18.6 Å². The van der Waals surface area contributed by atoms with E-state index in [0.29, 0.717) is 18.8 Å². The minimum atomic E-state index is -3.46. The molecule has 1 aromatic carbocycles. The molecule has 1 aliphatic rings. The fraction of sp³-hybridized carbons (Fsp3) is 0.412. The van der Waals surface area contributed by atoms with Crippen molar-refractivity contribution in [3.05, 3.63) is 48.2 Å². The number of piperidine rings is 1. The first kappa shape index (κ1) is 17.9. The Bertz CT molecular complexity index is 840. The molecule has 1 aliphatic heterocycles. The van der Waals surface area contributed by atoms with Crippen LogP contribution in [-0.2, 0) is 10.2 Å². The van der Waals surface area contributed by atoms with Crippen molar-refractivity contribution in [3.8, 4) is 11.3 Å². The summed E-state index contributed by atoms with van der Waals surface area (Å²) in [5.41, 5.74) is 2.21. The molecule has 25 heavy (non-hydrogen) atoms. The van der Waals surface area contributed by atoms with Crippen LogP contribution in [-0.4, -0.2) is 54.2 Å². The molecule has 0 unspecified atom stereocenters. The molecule has 1 saturated heterocycles. The maximum atomic E-state index is 13.2. The molecule has 3 rings (SSSR count). The molecule has 2 aromatic rings. The molecule has 0 spiro atoms. The van der Waals surface area contributed by atoms with Crippen molar-refractivity contribution in [3.63, 3.8) is 0 Å². The molecule has 2 heterocycles. The second-order valence-corrected chi connectivity index (χ2v) is 8.43. The highest BCUT2D eigenvalue weighted by atomic mass is 32.2. The third kappa shape index (κ3) is 3.70. The summed E-state index contributed by atoms with van der Waals surface area (Å²) >= 11 is 0. The molecule has 0 amide bonds. The van der Waals surface area contributed by atoms with E-state index in [-0.39, 0.29) is 11.7 Å². The first-order valence-electron chi connectivity index (χ1n) is 8.14. The number of aromatic nitrogens is 2. The van der Waals surface area contributed by atoms with E-state index in [2.05, 4.69) is 9.97 Å². The van der Waals surface area contributed by atoms with E-state index in [0.717, 1.165) is 24.1 Å². The molecule has 0 saturated carbocycles. The third-order valence-electron chi connectivity index (χ3n) is 4.40. The average Bonchev–Trinajstić information content (AvgIpc) is 2.62. The number of rotatable bonds is 4. The topological polar surface area (TPSA) is 66.4 Å². The van der Waals surface area contributed by atoms with Gasteiger partial charge >= 0.3 is 0 Å². The number of nitrogens with zero attached hydrogens (tertiary/aromatic N) is 4. The van der Waals surface area contributed by atoms with Crippen molar-refractivity contribution in [2.24, 2.45) is 0 Å². The SMILES string of the molecule is CN(C)S(=O)(=O)N1CCC[C@@H](c2nccnc2-c2ccc(F)cc2)C1. The van der Waals surface area contributed by atoms with Crippen LogP contribution in [0, 0.1) is 5.82 Å². The molecule has 134 valence electrons. The monoisotopic (exact) mass is 364 g/mol. The zero-order valence-electron chi connectivity index (χ0n) is 14.3. The smallest absolute Gasteiger partial charge is 0.257 e. The van der Waals surface area contributed by atoms with Gasteiger partial charge in [-0.25, -0.2) is 4.39 Å². The minimum Gasteiger partial charge on any atom is -0.257 e. The molecule has 0 aliphatic carbocycles. The highest BCUT2D eigenvalue weighted by Crippen LogP contribution is 2.32. The summed E-state index contributed by atoms with van der Waals surface area (Å²) in [4.78, 5) is 8.88. The lowest BCUT2D eigenvalue weighted by Gasteiger charge is -2.33. The van der Waals surface area contributed by atoms with Gasteiger partial charge in [-0.2, -0.15) is 17.0 Å². The first-order valence-corrected chi connectivity index (χ1v) is 9.53. The molecule has 0 N–H and O–H groups in total. The van der Waals surface area contributed by atoms with Crippen LogP contribution in [0.2, 0.25) is 0 Å². The van der Waals surface area contributed by atoms with E-state index in [9.17, 15) is 12.8 Å². The second kappa shape index (κ2) is 7.15. The van der Waals surface area contributed by atoms with Crippen molar-refractivity contribution >= 4 is 10.2 Å². The van der Waals surface area contributed by atoms with E-state index in [1.165, 1.54) is 34.8 Å². The van der Waals surface area contributed by atoms with Gasteiger partial charge < -0.3 is 0 Å². The van der Waals surface area contributed by atoms with Gasteiger partial charge in [-0.15, -0.1) is 0 Å². The minimum absolute atomic E-state index is 0.0442. The van der Waals surface area contributed by atoms with Crippen LogP contribution in [0.25, 0.3) is 11.3 Å². The summed E-state index contributed by atoms with van der Waals surface area (Å²) < 4.78 is 40.8. The average molecular weight is 364 g/mol. The van der Waals surface area contributed by atoms with Gasteiger partial charge in [-0.3, -0.25) is 9.97 Å². The van der Waals surface area contributed by atoms with Crippen LogP contribution >= 0.6 is 0 Å². The summed E-state index contributed by atoms with van der Waals surface area (Å²) in [6, 6.07) is 6.11. The normalized spacial score (nSPS) is 19.3. The number of benzene rings is 1. The van der Waals surface area contributed by atoms with Gasteiger partial charge in [0, 0.05) is 51.1 Å². The van der Waals surface area contributed by atoms with Gasteiger partial charge in [-0.05, 0) is 37.1 Å². The third-order valence-corrected chi connectivity index (χ3v) is 6.31. The summed E-state index contributed by atoms with van der Waals surface area (Å²) in [5, 5.41) is 0. The molecular weight excluding hydrogens is 343 g/mol. The zero-order chi connectivity index (χ0) is 18.0. The Hall–Kier alpha value is -1.90. The molecule has 8 heteroatoms. The van der Waals surface area contributed by atoms with Crippen LogP contribution in [0.1, 0.15) is 24.5 Å². The number of hydrogen-bond acceptors (Lipinski definition) is 4. The Morgan fingerprint density at radius 3 is 2.52 bits per heavy atom. The van der Waals surface area contributed by atoms with Gasteiger partial charge in [0.2, 0.25) is 0 Å². The van der Waals surface area contributed by atoms with Gasteiger partial charge in [0.25, 0.3) is 10.2 Å². The molecular formula is C17H21FN4O2S. The lowest BCUT2D eigenvalue weighted by atomic mass is 9.92. The van der Waals surface area contributed by atoms with Crippen molar-refractivity contribution in [2.75, 3.05) is 27.2 Å². The van der Waals surface area contributed by atoms with Crippen molar-refractivity contribution < 1.29 is 12.8 Å². The molecule has 1 aromatic heterocycles. The molecule has 1 atom stereocenters. The van der Waals surface area contributed by atoms with E-state index in [1.807, 2.05) is 0 Å². The Labute approximate surface area is 147 Å². The maximum Gasteiger partial charge on any atom is 0.281 e. The Morgan fingerprint density at radius 2 is 1.84 bits per heavy atom. The van der Waals surface area contributed by atoms with Crippen LogP contribution in [0.5, 0.6) is 0 Å². The molecule has 6 nitrogen and oxygen atoms in total. The van der Waals surface area contributed by atoms with Gasteiger partial charge in [-0.1, -0.05) is 0 Å². The molecule has 0 radical (unpaired) electrons. The fourth-order valence-electron chi connectivity index (χ4n) is 3.08. The predicted molar refractivity (Wildman–Crippen MR) is 93.6 cm³/mol. The lowest BCUT2D eigenvalue weighted by molar-refractivity contribution is 0.296. The standard InChI is InChI=1S/C17H21FN4O2S/c1-21(2)25(23,24)22-11-3-4-14(12-22)17-16(19-9-10-20-17)13-5-7-15(18)8-6-13/h5-10,14H,3-4,11-12H2,1-2H3/t14-/m1/s1. The summed E-state index contributed by atoms with van der Waals surface area (Å²) in [6.07, 6.45) is 4.81. The summed E-state index contributed by atoms with van der Waals surface area (Å²) in [7, 11) is -0.389. The Balaban J connectivity index is 1.93. The van der Waals surface area contributed by atoms with Crippen LogP contribution in [0.3, 0.4) is 0 Å². The van der Waals surface area contributed by atoms with Crippen LogP contribution in [0.15, 0.2) is 36.7 Å². The van der Waals surface area contributed by atoms with Crippen LogP contribution < -0.4 is 0 Å². The van der Waals surface area contributed by atoms with E-state index in [1.54, 1.807) is 24.5 Å². The summed E-state index contributed by atoms with van der Waals surface area (Å²) in [5.74, 6) is -0.354. The predicted octanol–water partition coefficient (Wildman–Crippen LogP) is 2.27. The van der Waals surface area contributed by atoms with E-state index >= 15 is 0 Å². The zero-order valence-corrected chi connectivity index (χ0v) is 15.1.